The first-order valence-corrected chi connectivity index (χ1v) is 6.09. The highest BCUT2D eigenvalue weighted by atomic mass is 16.4. The first kappa shape index (κ1) is 13.3. The molecule has 2 rings (SSSR count). The van der Waals surface area contributed by atoms with Crippen LogP contribution in [0.1, 0.15) is 17.1 Å². The standard InChI is InChI=1S/C14H17N3O2/c1-8-5-3-4-6-10(8)13-9(2)16-12(17-13)7-11(15)14(18)19/h3-6,11H,7,15H2,1-2H3,(H,16,17)(H,18,19). The Morgan fingerprint density at radius 2 is 2.11 bits per heavy atom. The van der Waals surface area contributed by atoms with E-state index >= 15 is 0 Å². The van der Waals surface area contributed by atoms with Crippen LogP contribution in [0.4, 0.5) is 0 Å². The maximum Gasteiger partial charge on any atom is 0.320 e. The zero-order valence-corrected chi connectivity index (χ0v) is 11.0. The third kappa shape index (κ3) is 2.82. The van der Waals surface area contributed by atoms with Gasteiger partial charge in [0.05, 0.1) is 5.69 Å². The number of hydrogen-bond donors (Lipinski definition) is 3. The van der Waals surface area contributed by atoms with Crippen LogP contribution in [0.25, 0.3) is 11.3 Å². The van der Waals surface area contributed by atoms with E-state index in [2.05, 4.69) is 9.97 Å². The van der Waals surface area contributed by atoms with Gasteiger partial charge in [-0.3, -0.25) is 4.79 Å². The number of nitrogens with zero attached hydrogens (tertiary/aromatic N) is 1. The van der Waals surface area contributed by atoms with E-state index < -0.39 is 12.0 Å². The number of nitrogens with two attached hydrogens (primary N) is 1. The fourth-order valence-electron chi connectivity index (χ4n) is 2.02. The minimum atomic E-state index is -1.02. The molecular weight excluding hydrogens is 242 g/mol. The lowest BCUT2D eigenvalue weighted by molar-refractivity contribution is -0.138. The number of benzene rings is 1. The van der Waals surface area contributed by atoms with Crippen LogP contribution >= 0.6 is 0 Å². The summed E-state index contributed by atoms with van der Waals surface area (Å²) >= 11 is 0. The summed E-state index contributed by atoms with van der Waals surface area (Å²) in [7, 11) is 0. The van der Waals surface area contributed by atoms with Gasteiger partial charge in [0, 0.05) is 17.7 Å². The van der Waals surface area contributed by atoms with Crippen molar-refractivity contribution in [1.29, 1.82) is 0 Å². The molecule has 0 spiro atoms. The van der Waals surface area contributed by atoms with Crippen LogP contribution in [-0.2, 0) is 11.2 Å². The second-order valence-electron chi connectivity index (χ2n) is 4.62. The molecule has 0 radical (unpaired) electrons. The van der Waals surface area contributed by atoms with Crippen LogP contribution < -0.4 is 5.73 Å². The highest BCUT2D eigenvalue weighted by molar-refractivity contribution is 5.73. The van der Waals surface area contributed by atoms with Crippen LogP contribution in [0.5, 0.6) is 0 Å². The van der Waals surface area contributed by atoms with Crippen LogP contribution in [0.3, 0.4) is 0 Å². The molecule has 0 aliphatic heterocycles. The molecule has 0 fully saturated rings. The maximum atomic E-state index is 10.8. The van der Waals surface area contributed by atoms with Gasteiger partial charge in [-0.05, 0) is 19.4 Å². The lowest BCUT2D eigenvalue weighted by Crippen LogP contribution is -2.32. The molecule has 0 aliphatic rings. The number of imidazole rings is 1. The maximum absolute atomic E-state index is 10.8. The molecule has 100 valence electrons. The zero-order chi connectivity index (χ0) is 14.0. The van der Waals surface area contributed by atoms with Crippen molar-refractivity contribution in [3.8, 4) is 11.3 Å². The van der Waals surface area contributed by atoms with E-state index in [1.54, 1.807) is 0 Å². The molecule has 1 atom stereocenters. The number of nitrogens with one attached hydrogen (secondary N) is 1. The Kier molecular flexibility index (Phi) is 3.66. The number of carboxylic acids is 1. The van der Waals surface area contributed by atoms with Crippen molar-refractivity contribution in [2.24, 2.45) is 5.73 Å². The highest BCUT2D eigenvalue weighted by Crippen LogP contribution is 2.24. The normalized spacial score (nSPS) is 12.4. The van der Waals surface area contributed by atoms with E-state index in [1.807, 2.05) is 38.1 Å². The van der Waals surface area contributed by atoms with Crippen molar-refractivity contribution in [1.82, 2.24) is 9.97 Å². The van der Waals surface area contributed by atoms with E-state index in [9.17, 15) is 4.79 Å². The van der Waals surface area contributed by atoms with Crippen LogP contribution in [0.2, 0.25) is 0 Å². The summed E-state index contributed by atoms with van der Waals surface area (Å²) in [6.45, 7) is 3.94. The van der Waals surface area contributed by atoms with Crippen molar-refractivity contribution in [2.75, 3.05) is 0 Å². The van der Waals surface area contributed by atoms with E-state index in [1.165, 1.54) is 0 Å². The fourth-order valence-corrected chi connectivity index (χ4v) is 2.02. The molecule has 5 nitrogen and oxygen atoms in total. The molecule has 1 unspecified atom stereocenters. The van der Waals surface area contributed by atoms with Gasteiger partial charge in [0.25, 0.3) is 0 Å². The quantitative estimate of drug-likeness (QED) is 0.778. The van der Waals surface area contributed by atoms with Gasteiger partial charge in [-0.15, -0.1) is 0 Å². The Balaban J connectivity index is 2.32. The molecule has 0 saturated carbocycles. The molecule has 5 heteroatoms. The zero-order valence-electron chi connectivity index (χ0n) is 11.0. The molecule has 2 aromatic rings. The van der Waals surface area contributed by atoms with E-state index in [-0.39, 0.29) is 6.42 Å². The largest absolute Gasteiger partial charge is 0.480 e. The minimum Gasteiger partial charge on any atom is -0.480 e. The molecule has 1 aromatic heterocycles. The number of H-pyrrole nitrogens is 1. The van der Waals surface area contributed by atoms with Crippen molar-refractivity contribution >= 4 is 5.97 Å². The first-order valence-electron chi connectivity index (χ1n) is 6.09. The topological polar surface area (TPSA) is 92.0 Å². The summed E-state index contributed by atoms with van der Waals surface area (Å²) < 4.78 is 0. The van der Waals surface area contributed by atoms with Crippen molar-refractivity contribution in [3.63, 3.8) is 0 Å². The number of aromatic amines is 1. The number of aryl methyl sites for hydroxylation is 2. The summed E-state index contributed by atoms with van der Waals surface area (Å²) in [6, 6.07) is 7.02. The lowest BCUT2D eigenvalue weighted by atomic mass is 10.1. The number of hydrogen-bond acceptors (Lipinski definition) is 3. The van der Waals surface area contributed by atoms with Crippen molar-refractivity contribution < 1.29 is 9.90 Å². The van der Waals surface area contributed by atoms with Gasteiger partial charge in [-0.25, -0.2) is 4.98 Å². The third-order valence-electron chi connectivity index (χ3n) is 3.06. The van der Waals surface area contributed by atoms with Crippen molar-refractivity contribution in [2.45, 2.75) is 26.3 Å². The highest BCUT2D eigenvalue weighted by Gasteiger charge is 2.16. The Morgan fingerprint density at radius 1 is 1.42 bits per heavy atom. The van der Waals surface area contributed by atoms with E-state index in [4.69, 9.17) is 10.8 Å². The molecule has 1 heterocycles. The molecule has 0 amide bonds. The van der Waals surface area contributed by atoms with Gasteiger partial charge < -0.3 is 15.8 Å². The molecule has 19 heavy (non-hydrogen) atoms. The number of carbonyl (C=O) groups is 1. The number of aromatic nitrogens is 2. The van der Waals surface area contributed by atoms with Crippen LogP contribution in [0, 0.1) is 13.8 Å². The summed E-state index contributed by atoms with van der Waals surface area (Å²) in [4.78, 5) is 18.3. The van der Waals surface area contributed by atoms with E-state index in [0.29, 0.717) is 5.82 Å². The predicted molar refractivity (Wildman–Crippen MR) is 72.8 cm³/mol. The van der Waals surface area contributed by atoms with Crippen LogP contribution in [-0.4, -0.2) is 27.1 Å². The molecule has 1 aromatic carbocycles. The second-order valence-corrected chi connectivity index (χ2v) is 4.62. The smallest absolute Gasteiger partial charge is 0.320 e. The second kappa shape index (κ2) is 5.24. The lowest BCUT2D eigenvalue weighted by Gasteiger charge is -2.03. The number of aliphatic carboxylic acids is 1. The first-order chi connectivity index (χ1) is 8.99. The Bertz CT molecular complexity index is 604. The Hall–Kier alpha value is -2.14. The van der Waals surface area contributed by atoms with Gasteiger partial charge in [-0.1, -0.05) is 24.3 Å². The number of carboxylic acid groups (broad SMARTS) is 1. The van der Waals surface area contributed by atoms with Gasteiger partial charge in [0.1, 0.15) is 11.9 Å². The van der Waals surface area contributed by atoms with Gasteiger partial charge in [0.2, 0.25) is 0 Å². The Morgan fingerprint density at radius 3 is 2.74 bits per heavy atom. The van der Waals surface area contributed by atoms with Gasteiger partial charge in [-0.2, -0.15) is 0 Å². The molecule has 0 bridgehead atoms. The summed E-state index contributed by atoms with van der Waals surface area (Å²) in [5.74, 6) is -0.419. The summed E-state index contributed by atoms with van der Waals surface area (Å²) in [5, 5.41) is 8.81. The average Bonchev–Trinajstić information content (AvgIpc) is 2.70. The Labute approximate surface area is 111 Å². The van der Waals surface area contributed by atoms with Crippen molar-refractivity contribution in [3.05, 3.63) is 41.3 Å². The predicted octanol–water partition coefficient (Wildman–Crippen LogP) is 1.65. The molecular formula is C14H17N3O2. The SMILES string of the molecule is Cc1ccccc1-c1nc(CC(N)C(=O)O)[nH]c1C. The van der Waals surface area contributed by atoms with Crippen LogP contribution in [0.15, 0.2) is 24.3 Å². The third-order valence-corrected chi connectivity index (χ3v) is 3.06. The van der Waals surface area contributed by atoms with E-state index in [0.717, 1.165) is 22.5 Å². The molecule has 0 aliphatic carbocycles. The summed E-state index contributed by atoms with van der Waals surface area (Å²) in [5.41, 5.74) is 9.47. The monoisotopic (exact) mass is 259 g/mol. The molecule has 0 saturated heterocycles. The molecule has 4 N–H and O–H groups in total. The summed E-state index contributed by atoms with van der Waals surface area (Å²) in [6.07, 6.45) is 0.196. The van der Waals surface area contributed by atoms with Gasteiger partial charge >= 0.3 is 5.97 Å². The minimum absolute atomic E-state index is 0.196. The van der Waals surface area contributed by atoms with Gasteiger partial charge in [0.15, 0.2) is 0 Å². The number of rotatable bonds is 4. The average molecular weight is 259 g/mol. The fraction of sp³-hybridized carbons (Fsp3) is 0.286.